The fourth-order valence-corrected chi connectivity index (χ4v) is 2.30. The van der Waals surface area contributed by atoms with Crippen LogP contribution in [0, 0.1) is 12.3 Å². The SMILES string of the molecule is B[C@@H]1O[C@H](COC(C)(C)C)C(OC(C)(C)C)[C@@H]1OCC#C. The van der Waals surface area contributed by atoms with Crippen molar-refractivity contribution in [3.05, 3.63) is 0 Å². The predicted molar refractivity (Wildman–Crippen MR) is 86.1 cm³/mol. The first-order valence-electron chi connectivity index (χ1n) is 7.56. The molecule has 1 aliphatic heterocycles. The van der Waals surface area contributed by atoms with E-state index in [1.54, 1.807) is 0 Å². The molecular formula is C16H29BO4. The molecule has 120 valence electrons. The van der Waals surface area contributed by atoms with E-state index in [2.05, 4.69) is 5.92 Å². The Morgan fingerprint density at radius 3 is 2.19 bits per heavy atom. The van der Waals surface area contributed by atoms with Crippen molar-refractivity contribution in [3.63, 3.8) is 0 Å². The van der Waals surface area contributed by atoms with Gasteiger partial charge in [-0.2, -0.15) is 0 Å². The van der Waals surface area contributed by atoms with Gasteiger partial charge in [-0.15, -0.1) is 6.42 Å². The van der Waals surface area contributed by atoms with Crippen molar-refractivity contribution < 1.29 is 18.9 Å². The fraction of sp³-hybridized carbons (Fsp3) is 0.875. The van der Waals surface area contributed by atoms with E-state index in [1.807, 2.05) is 49.4 Å². The molecule has 0 radical (unpaired) electrons. The van der Waals surface area contributed by atoms with Crippen molar-refractivity contribution in [1.82, 2.24) is 0 Å². The summed E-state index contributed by atoms with van der Waals surface area (Å²) in [6.07, 6.45) is 4.79. The molecule has 1 fully saturated rings. The Bertz CT molecular complexity index is 364. The van der Waals surface area contributed by atoms with E-state index in [0.717, 1.165) is 0 Å². The highest BCUT2D eigenvalue weighted by molar-refractivity contribution is 6.11. The highest BCUT2D eigenvalue weighted by atomic mass is 16.6. The normalized spacial score (nSPS) is 30.3. The molecule has 0 amide bonds. The second kappa shape index (κ2) is 7.15. The topological polar surface area (TPSA) is 36.9 Å². The van der Waals surface area contributed by atoms with Crippen molar-refractivity contribution in [2.75, 3.05) is 13.2 Å². The zero-order valence-electron chi connectivity index (χ0n) is 14.4. The summed E-state index contributed by atoms with van der Waals surface area (Å²) in [6, 6.07) is -0.0701. The summed E-state index contributed by atoms with van der Waals surface area (Å²) < 4.78 is 23.7. The van der Waals surface area contributed by atoms with Gasteiger partial charge in [-0.05, 0) is 41.5 Å². The molecule has 21 heavy (non-hydrogen) atoms. The molecule has 0 aromatic heterocycles. The molecule has 1 heterocycles. The van der Waals surface area contributed by atoms with Gasteiger partial charge in [0, 0.05) is 0 Å². The average Bonchev–Trinajstić information content (AvgIpc) is 2.58. The Kier molecular flexibility index (Phi) is 6.30. The van der Waals surface area contributed by atoms with E-state index in [-0.39, 0.29) is 42.1 Å². The Morgan fingerprint density at radius 2 is 1.71 bits per heavy atom. The van der Waals surface area contributed by atoms with Gasteiger partial charge in [0.25, 0.3) is 0 Å². The predicted octanol–water partition coefficient (Wildman–Crippen LogP) is 1.36. The van der Waals surface area contributed by atoms with E-state index >= 15 is 0 Å². The zero-order chi connectivity index (χ0) is 16.3. The highest BCUT2D eigenvalue weighted by Gasteiger charge is 2.45. The van der Waals surface area contributed by atoms with Crippen molar-refractivity contribution in [3.8, 4) is 12.3 Å². The van der Waals surface area contributed by atoms with Gasteiger partial charge in [-0.1, -0.05) is 5.92 Å². The highest BCUT2D eigenvalue weighted by Crippen LogP contribution is 2.29. The number of ether oxygens (including phenoxy) is 4. The van der Waals surface area contributed by atoms with Crippen LogP contribution in [0.3, 0.4) is 0 Å². The average molecular weight is 296 g/mol. The molecule has 0 aliphatic carbocycles. The van der Waals surface area contributed by atoms with E-state index in [4.69, 9.17) is 25.4 Å². The van der Waals surface area contributed by atoms with Crippen LogP contribution in [-0.2, 0) is 18.9 Å². The Labute approximate surface area is 130 Å². The first-order chi connectivity index (χ1) is 9.53. The maximum Gasteiger partial charge on any atom is 0.142 e. The summed E-state index contributed by atoms with van der Waals surface area (Å²) in [5.74, 6) is 2.51. The molecule has 4 nitrogen and oxygen atoms in total. The van der Waals surface area contributed by atoms with Crippen molar-refractivity contribution in [2.24, 2.45) is 0 Å². The maximum atomic E-state index is 6.16. The van der Waals surface area contributed by atoms with Crippen molar-refractivity contribution in [2.45, 2.75) is 77.1 Å². The quantitative estimate of drug-likeness (QED) is 0.567. The van der Waals surface area contributed by atoms with Crippen LogP contribution in [-0.4, -0.2) is 56.6 Å². The molecule has 1 saturated heterocycles. The van der Waals surface area contributed by atoms with Gasteiger partial charge in [0.1, 0.15) is 32.8 Å². The number of terminal acetylenes is 1. The maximum absolute atomic E-state index is 6.16. The summed E-state index contributed by atoms with van der Waals surface area (Å²) in [4.78, 5) is 0. The van der Waals surface area contributed by atoms with Gasteiger partial charge in [0.05, 0.1) is 23.8 Å². The number of hydrogen-bond acceptors (Lipinski definition) is 4. The molecule has 0 aromatic carbocycles. The summed E-state index contributed by atoms with van der Waals surface area (Å²) in [5.41, 5.74) is -0.494. The number of rotatable bonds is 5. The standard InChI is InChI=1S/C16H29BO4/c1-8-9-18-13-12(21-16(5,6)7)11(20-14(13)17)10-19-15(2,3)4/h1,11-14H,9-10,17H2,2-7H3/t11-,12?,13+,14-/m1/s1. The first kappa shape index (κ1) is 18.5. The smallest absolute Gasteiger partial charge is 0.142 e. The fourth-order valence-electron chi connectivity index (χ4n) is 2.30. The van der Waals surface area contributed by atoms with Crippen LogP contribution in [0.15, 0.2) is 0 Å². The minimum absolute atomic E-state index is 0.0701. The summed E-state index contributed by atoms with van der Waals surface area (Å²) >= 11 is 0. The Morgan fingerprint density at radius 1 is 1.10 bits per heavy atom. The molecule has 4 atom stereocenters. The lowest BCUT2D eigenvalue weighted by Gasteiger charge is -2.32. The van der Waals surface area contributed by atoms with Crippen LogP contribution in [0.2, 0.25) is 0 Å². The third-order valence-corrected chi connectivity index (χ3v) is 3.07. The molecule has 0 saturated carbocycles. The molecule has 0 bridgehead atoms. The van der Waals surface area contributed by atoms with Crippen molar-refractivity contribution in [1.29, 1.82) is 0 Å². The molecule has 1 aliphatic rings. The summed E-state index contributed by atoms with van der Waals surface area (Å²) in [5, 5.41) is 0. The summed E-state index contributed by atoms with van der Waals surface area (Å²) in [7, 11) is 1.98. The van der Waals surface area contributed by atoms with Crippen LogP contribution in [0.1, 0.15) is 41.5 Å². The third-order valence-electron chi connectivity index (χ3n) is 3.07. The van der Waals surface area contributed by atoms with Gasteiger partial charge in [0.15, 0.2) is 0 Å². The Balaban J connectivity index is 2.78. The molecule has 0 aromatic rings. The molecule has 5 heteroatoms. The lowest BCUT2D eigenvalue weighted by Crippen LogP contribution is -2.44. The van der Waals surface area contributed by atoms with Gasteiger partial charge in [-0.3, -0.25) is 0 Å². The van der Waals surface area contributed by atoms with Crippen LogP contribution in [0.5, 0.6) is 0 Å². The molecule has 0 spiro atoms. The Hall–Kier alpha value is -0.535. The lowest BCUT2D eigenvalue weighted by molar-refractivity contribution is -0.142. The first-order valence-corrected chi connectivity index (χ1v) is 7.56. The van der Waals surface area contributed by atoms with Gasteiger partial charge < -0.3 is 18.9 Å². The van der Waals surface area contributed by atoms with E-state index in [9.17, 15) is 0 Å². The second-order valence-corrected chi connectivity index (χ2v) is 7.48. The van der Waals surface area contributed by atoms with Gasteiger partial charge in [-0.25, -0.2) is 0 Å². The molecule has 0 N–H and O–H groups in total. The van der Waals surface area contributed by atoms with Gasteiger partial charge >= 0.3 is 0 Å². The minimum atomic E-state index is -0.282. The minimum Gasteiger partial charge on any atom is -0.376 e. The van der Waals surface area contributed by atoms with Crippen LogP contribution in [0.25, 0.3) is 0 Å². The van der Waals surface area contributed by atoms with Gasteiger partial charge in [0.2, 0.25) is 0 Å². The third kappa shape index (κ3) is 6.40. The number of hydrogen-bond donors (Lipinski definition) is 0. The largest absolute Gasteiger partial charge is 0.376 e. The monoisotopic (exact) mass is 296 g/mol. The molecule has 1 rings (SSSR count). The van der Waals surface area contributed by atoms with E-state index in [0.29, 0.717) is 6.61 Å². The molecular weight excluding hydrogens is 267 g/mol. The molecule has 1 unspecified atom stereocenters. The van der Waals surface area contributed by atoms with E-state index in [1.165, 1.54) is 0 Å². The second-order valence-electron chi connectivity index (χ2n) is 7.48. The zero-order valence-corrected chi connectivity index (χ0v) is 14.4. The van der Waals surface area contributed by atoms with E-state index < -0.39 is 0 Å². The van der Waals surface area contributed by atoms with Crippen LogP contribution < -0.4 is 0 Å². The van der Waals surface area contributed by atoms with Crippen LogP contribution in [0.4, 0.5) is 0 Å². The van der Waals surface area contributed by atoms with Crippen molar-refractivity contribution >= 4 is 7.85 Å². The summed E-state index contributed by atoms with van der Waals surface area (Å²) in [6.45, 7) is 12.9. The lowest BCUT2D eigenvalue weighted by atomic mass is 9.92. The van der Waals surface area contributed by atoms with Crippen LogP contribution >= 0.6 is 0 Å².